The molecule has 0 atom stereocenters. The molecular weight excluding hydrogens is 392 g/mol. The van der Waals surface area contributed by atoms with Gasteiger partial charge < -0.3 is 18.9 Å². The lowest BCUT2D eigenvalue weighted by atomic mass is 10.0. The van der Waals surface area contributed by atoms with Gasteiger partial charge >= 0.3 is 23.9 Å². The zero-order valence-corrected chi connectivity index (χ0v) is 16.7. The maximum absolute atomic E-state index is 11.4. The summed E-state index contributed by atoms with van der Waals surface area (Å²) in [5, 5.41) is 2.74. The molecule has 0 N–H and O–H groups in total. The van der Waals surface area contributed by atoms with Crippen LogP contribution in [0.25, 0.3) is 21.5 Å². The summed E-state index contributed by atoms with van der Waals surface area (Å²) in [5.41, 5.74) is 0. The summed E-state index contributed by atoms with van der Waals surface area (Å²) in [6.45, 7) is 4.96. The highest BCUT2D eigenvalue weighted by atomic mass is 16.6. The van der Waals surface area contributed by atoms with Crippen LogP contribution in [0.2, 0.25) is 0 Å². The first kappa shape index (κ1) is 20.8. The number of carbonyl (C=O) groups is 4. The third kappa shape index (κ3) is 4.72. The fraction of sp³-hybridized carbons (Fsp3) is 0.182. The molecule has 3 aromatic rings. The lowest BCUT2D eigenvalue weighted by Gasteiger charge is -2.13. The molecule has 0 unspecified atom stereocenters. The van der Waals surface area contributed by atoms with Gasteiger partial charge in [0.25, 0.3) is 0 Å². The monoisotopic (exact) mass is 410 g/mol. The van der Waals surface area contributed by atoms with Gasteiger partial charge in [-0.05, 0) is 57.9 Å². The molecule has 0 aliphatic heterocycles. The van der Waals surface area contributed by atoms with Gasteiger partial charge in [0, 0.05) is 27.7 Å². The summed E-state index contributed by atoms with van der Waals surface area (Å²) in [6, 6.07) is 9.83. The van der Waals surface area contributed by atoms with Gasteiger partial charge in [-0.2, -0.15) is 0 Å². The van der Waals surface area contributed by atoms with Gasteiger partial charge in [0.1, 0.15) is 0 Å². The Balaban J connectivity index is 2.23. The van der Waals surface area contributed by atoms with Crippen LogP contribution in [0.4, 0.5) is 0 Å². The molecule has 3 aromatic carbocycles. The van der Waals surface area contributed by atoms with Crippen molar-refractivity contribution in [3.05, 3.63) is 36.4 Å². The molecule has 0 heterocycles. The summed E-state index contributed by atoms with van der Waals surface area (Å²) < 4.78 is 20.7. The van der Waals surface area contributed by atoms with Gasteiger partial charge in [0.2, 0.25) is 0 Å². The highest BCUT2D eigenvalue weighted by Crippen LogP contribution is 2.38. The second-order valence-corrected chi connectivity index (χ2v) is 6.52. The summed E-state index contributed by atoms with van der Waals surface area (Å²) in [7, 11) is 0. The Hall–Kier alpha value is -3.94. The minimum absolute atomic E-state index is 0.0984. The molecule has 0 bridgehead atoms. The Morgan fingerprint density at radius 2 is 0.633 bits per heavy atom. The molecule has 0 spiro atoms. The predicted molar refractivity (Wildman–Crippen MR) is 107 cm³/mol. The number of benzene rings is 3. The van der Waals surface area contributed by atoms with Crippen LogP contribution in [-0.4, -0.2) is 23.9 Å². The van der Waals surface area contributed by atoms with E-state index in [1.807, 2.05) is 0 Å². The first-order chi connectivity index (χ1) is 14.1. The first-order valence-corrected chi connectivity index (χ1v) is 8.91. The van der Waals surface area contributed by atoms with Crippen LogP contribution < -0.4 is 18.9 Å². The smallest absolute Gasteiger partial charge is 0.308 e. The van der Waals surface area contributed by atoms with E-state index in [-0.39, 0.29) is 23.0 Å². The van der Waals surface area contributed by atoms with Crippen LogP contribution in [-0.2, 0) is 19.2 Å². The average Bonchev–Trinajstić information content (AvgIpc) is 2.59. The molecule has 8 nitrogen and oxygen atoms in total. The number of hydrogen-bond donors (Lipinski definition) is 0. The zero-order chi connectivity index (χ0) is 22.0. The third-order valence-corrected chi connectivity index (χ3v) is 3.94. The Bertz CT molecular complexity index is 1020. The van der Waals surface area contributed by atoms with Gasteiger partial charge in [-0.1, -0.05) is 0 Å². The summed E-state index contributed by atoms with van der Waals surface area (Å²) >= 11 is 0. The van der Waals surface area contributed by atoms with E-state index in [2.05, 4.69) is 0 Å². The fourth-order valence-corrected chi connectivity index (χ4v) is 2.96. The normalized spacial score (nSPS) is 10.5. The fourth-order valence-electron chi connectivity index (χ4n) is 2.96. The maximum Gasteiger partial charge on any atom is 0.308 e. The van der Waals surface area contributed by atoms with Gasteiger partial charge in [-0.3, -0.25) is 19.2 Å². The minimum atomic E-state index is -0.563. The van der Waals surface area contributed by atoms with E-state index >= 15 is 0 Å². The number of rotatable bonds is 4. The molecule has 0 amide bonds. The van der Waals surface area contributed by atoms with Gasteiger partial charge in [-0.15, -0.1) is 0 Å². The molecule has 0 saturated carbocycles. The standard InChI is InChI=1S/C22H18O8/c1-11(23)27-19-7-15-5-17-9-21(29-13(3)25)22(30-14(4)26)10-18(17)6-16(15)8-20(19)28-12(2)24/h5-10H,1-4H3. The van der Waals surface area contributed by atoms with E-state index in [9.17, 15) is 19.2 Å². The molecule has 0 fully saturated rings. The van der Waals surface area contributed by atoms with Crippen molar-refractivity contribution in [2.45, 2.75) is 27.7 Å². The second kappa shape index (κ2) is 8.20. The topological polar surface area (TPSA) is 105 Å². The van der Waals surface area contributed by atoms with Crippen LogP contribution >= 0.6 is 0 Å². The molecule has 0 saturated heterocycles. The van der Waals surface area contributed by atoms with Crippen molar-refractivity contribution >= 4 is 45.4 Å². The Morgan fingerprint density at radius 1 is 0.433 bits per heavy atom. The van der Waals surface area contributed by atoms with Crippen LogP contribution in [0.1, 0.15) is 27.7 Å². The first-order valence-electron chi connectivity index (χ1n) is 8.91. The highest BCUT2D eigenvalue weighted by Gasteiger charge is 2.16. The molecule has 0 radical (unpaired) electrons. The van der Waals surface area contributed by atoms with Crippen LogP contribution in [0.15, 0.2) is 36.4 Å². The van der Waals surface area contributed by atoms with Crippen molar-refractivity contribution < 1.29 is 38.1 Å². The highest BCUT2D eigenvalue weighted by molar-refractivity contribution is 6.01. The van der Waals surface area contributed by atoms with Gasteiger partial charge in [0.15, 0.2) is 23.0 Å². The van der Waals surface area contributed by atoms with Crippen LogP contribution in [0.5, 0.6) is 23.0 Å². The quantitative estimate of drug-likeness (QED) is 0.364. The number of fused-ring (bicyclic) bond motifs is 2. The Labute approximate surface area is 171 Å². The van der Waals surface area contributed by atoms with E-state index in [1.54, 1.807) is 36.4 Å². The molecule has 8 heteroatoms. The third-order valence-electron chi connectivity index (χ3n) is 3.94. The largest absolute Gasteiger partial charge is 0.423 e. The van der Waals surface area contributed by atoms with E-state index in [1.165, 1.54) is 27.7 Å². The maximum atomic E-state index is 11.4. The Kier molecular flexibility index (Phi) is 5.68. The molecule has 3 rings (SSSR count). The van der Waals surface area contributed by atoms with Crippen molar-refractivity contribution in [1.29, 1.82) is 0 Å². The number of hydrogen-bond acceptors (Lipinski definition) is 8. The van der Waals surface area contributed by atoms with E-state index in [0.29, 0.717) is 21.5 Å². The van der Waals surface area contributed by atoms with E-state index in [4.69, 9.17) is 18.9 Å². The minimum Gasteiger partial charge on any atom is -0.423 e. The molecule has 0 aliphatic carbocycles. The molecule has 0 aliphatic rings. The number of ether oxygens (including phenoxy) is 4. The van der Waals surface area contributed by atoms with E-state index in [0.717, 1.165) is 0 Å². The molecule has 154 valence electrons. The van der Waals surface area contributed by atoms with Gasteiger partial charge in [0.05, 0.1) is 0 Å². The predicted octanol–water partition coefficient (Wildman–Crippen LogP) is 3.69. The SMILES string of the molecule is CC(=O)Oc1cc2cc3cc(OC(C)=O)c(OC(C)=O)cc3cc2cc1OC(C)=O. The summed E-state index contributed by atoms with van der Waals surface area (Å²) in [4.78, 5) is 45.7. The van der Waals surface area contributed by atoms with Crippen molar-refractivity contribution in [2.24, 2.45) is 0 Å². The Morgan fingerprint density at radius 3 is 0.800 bits per heavy atom. The zero-order valence-electron chi connectivity index (χ0n) is 16.7. The molecule has 0 aromatic heterocycles. The lowest BCUT2D eigenvalue weighted by molar-refractivity contribution is -0.134. The lowest BCUT2D eigenvalue weighted by Crippen LogP contribution is -2.07. The van der Waals surface area contributed by atoms with E-state index < -0.39 is 23.9 Å². The van der Waals surface area contributed by atoms with Crippen LogP contribution in [0.3, 0.4) is 0 Å². The molecule has 30 heavy (non-hydrogen) atoms. The molecular formula is C22H18O8. The van der Waals surface area contributed by atoms with Crippen molar-refractivity contribution in [3.8, 4) is 23.0 Å². The van der Waals surface area contributed by atoms with Crippen LogP contribution in [0, 0.1) is 0 Å². The van der Waals surface area contributed by atoms with Crippen molar-refractivity contribution in [2.75, 3.05) is 0 Å². The van der Waals surface area contributed by atoms with Gasteiger partial charge in [-0.25, -0.2) is 0 Å². The second-order valence-electron chi connectivity index (χ2n) is 6.52. The number of esters is 4. The average molecular weight is 410 g/mol. The van der Waals surface area contributed by atoms with Crippen molar-refractivity contribution in [1.82, 2.24) is 0 Å². The number of carbonyl (C=O) groups excluding carboxylic acids is 4. The van der Waals surface area contributed by atoms with Crippen molar-refractivity contribution in [3.63, 3.8) is 0 Å². The summed E-state index contributed by atoms with van der Waals surface area (Å²) in [5.74, 6) is -1.86. The summed E-state index contributed by atoms with van der Waals surface area (Å²) in [6.07, 6.45) is 0.